The summed E-state index contributed by atoms with van der Waals surface area (Å²) >= 11 is 6.09. The molecule has 0 bridgehead atoms. The first-order valence-corrected chi connectivity index (χ1v) is 8.47. The summed E-state index contributed by atoms with van der Waals surface area (Å²) in [5.41, 5.74) is 1.36. The molecule has 0 aliphatic heterocycles. The molecule has 1 N–H and O–H groups in total. The van der Waals surface area contributed by atoms with Gasteiger partial charge in [0.05, 0.1) is 0 Å². The summed E-state index contributed by atoms with van der Waals surface area (Å²) in [4.78, 5) is 0. The van der Waals surface area contributed by atoms with Crippen LogP contribution in [0.3, 0.4) is 0 Å². The van der Waals surface area contributed by atoms with E-state index in [9.17, 15) is 0 Å². The van der Waals surface area contributed by atoms with Crippen LogP contribution < -0.4 is 5.32 Å². The number of hydrogen-bond donors (Lipinski definition) is 1. The minimum atomic E-state index is 0.563. The third kappa shape index (κ3) is 7.91. The van der Waals surface area contributed by atoms with Crippen LogP contribution >= 0.6 is 11.6 Å². The average Bonchev–Trinajstić information content (AvgIpc) is 2.40. The Bertz CT molecular complexity index is 362. The monoisotopic (exact) mass is 295 g/mol. The highest BCUT2D eigenvalue weighted by atomic mass is 35.5. The van der Waals surface area contributed by atoms with Crippen molar-refractivity contribution in [2.45, 2.75) is 65.3 Å². The Morgan fingerprint density at radius 3 is 2.60 bits per heavy atom. The zero-order valence-electron chi connectivity index (χ0n) is 13.3. The molecule has 0 amide bonds. The van der Waals surface area contributed by atoms with E-state index in [4.69, 9.17) is 11.6 Å². The summed E-state index contributed by atoms with van der Waals surface area (Å²) in [7, 11) is 0. The maximum atomic E-state index is 6.09. The molecule has 0 spiro atoms. The van der Waals surface area contributed by atoms with Gasteiger partial charge in [-0.25, -0.2) is 0 Å². The third-order valence-corrected chi connectivity index (χ3v) is 3.93. The highest BCUT2D eigenvalue weighted by Gasteiger charge is 2.10. The van der Waals surface area contributed by atoms with Gasteiger partial charge in [0.25, 0.3) is 0 Å². The van der Waals surface area contributed by atoms with Gasteiger partial charge in [-0.1, -0.05) is 70.2 Å². The summed E-state index contributed by atoms with van der Waals surface area (Å²) in [5.74, 6) is 0.715. The van der Waals surface area contributed by atoms with E-state index in [1.54, 1.807) is 0 Å². The summed E-state index contributed by atoms with van der Waals surface area (Å²) in [6.45, 7) is 7.81. The van der Waals surface area contributed by atoms with Crippen molar-refractivity contribution in [1.29, 1.82) is 0 Å². The lowest BCUT2D eigenvalue weighted by atomic mass is 9.93. The lowest BCUT2D eigenvalue weighted by Crippen LogP contribution is -2.30. The van der Waals surface area contributed by atoms with Gasteiger partial charge in [0, 0.05) is 11.1 Å². The highest BCUT2D eigenvalue weighted by Crippen LogP contribution is 2.19. The Hall–Kier alpha value is -0.530. The van der Waals surface area contributed by atoms with E-state index in [-0.39, 0.29) is 0 Å². The van der Waals surface area contributed by atoms with Crippen LogP contribution in [0.4, 0.5) is 0 Å². The first-order chi connectivity index (χ1) is 9.61. The van der Waals surface area contributed by atoms with E-state index in [0.717, 1.165) is 18.0 Å². The molecule has 114 valence electrons. The molecule has 1 aromatic rings. The number of nitrogens with one attached hydrogen (secondary N) is 1. The molecular weight excluding hydrogens is 266 g/mol. The predicted molar refractivity (Wildman–Crippen MR) is 90.5 cm³/mol. The normalized spacial score (nSPS) is 12.8. The topological polar surface area (TPSA) is 12.0 Å². The van der Waals surface area contributed by atoms with Crippen LogP contribution in [0.25, 0.3) is 0 Å². The van der Waals surface area contributed by atoms with Crippen molar-refractivity contribution < 1.29 is 0 Å². The zero-order valence-corrected chi connectivity index (χ0v) is 14.0. The van der Waals surface area contributed by atoms with Gasteiger partial charge in [-0.2, -0.15) is 0 Å². The van der Waals surface area contributed by atoms with E-state index in [1.807, 2.05) is 6.07 Å². The summed E-state index contributed by atoms with van der Waals surface area (Å²) in [5, 5.41) is 4.44. The molecule has 0 heterocycles. The van der Waals surface area contributed by atoms with E-state index in [1.165, 1.54) is 37.7 Å². The van der Waals surface area contributed by atoms with Gasteiger partial charge >= 0.3 is 0 Å². The van der Waals surface area contributed by atoms with E-state index < -0.39 is 0 Å². The Kier molecular flexibility index (Phi) is 8.97. The molecule has 1 rings (SSSR count). The number of hydrogen-bond acceptors (Lipinski definition) is 1. The lowest BCUT2D eigenvalue weighted by molar-refractivity contribution is 0.405. The lowest BCUT2D eigenvalue weighted by Gasteiger charge is -2.19. The molecule has 1 aromatic carbocycles. The third-order valence-electron chi connectivity index (χ3n) is 3.69. The van der Waals surface area contributed by atoms with Crippen molar-refractivity contribution in [1.82, 2.24) is 5.32 Å². The van der Waals surface area contributed by atoms with Gasteiger partial charge in [-0.15, -0.1) is 0 Å². The van der Waals surface area contributed by atoms with Crippen molar-refractivity contribution in [2.75, 3.05) is 6.54 Å². The second-order valence-corrected chi connectivity index (χ2v) is 6.55. The van der Waals surface area contributed by atoms with Crippen molar-refractivity contribution in [3.05, 3.63) is 34.9 Å². The maximum absolute atomic E-state index is 6.09. The SMILES string of the molecule is CCCCCCC(CNC(C)C)Cc1cccc(Cl)c1. The van der Waals surface area contributed by atoms with Crippen molar-refractivity contribution in [2.24, 2.45) is 5.92 Å². The van der Waals surface area contributed by atoms with Gasteiger partial charge in [0.15, 0.2) is 0 Å². The van der Waals surface area contributed by atoms with Crippen molar-refractivity contribution in [3.63, 3.8) is 0 Å². The fraction of sp³-hybridized carbons (Fsp3) is 0.667. The van der Waals surface area contributed by atoms with Crippen LogP contribution in [0.5, 0.6) is 0 Å². The first-order valence-electron chi connectivity index (χ1n) is 8.09. The molecule has 1 atom stereocenters. The first kappa shape index (κ1) is 17.5. The molecule has 0 saturated carbocycles. The molecule has 0 aliphatic rings. The van der Waals surface area contributed by atoms with Gasteiger partial charge in [0.1, 0.15) is 0 Å². The molecule has 0 radical (unpaired) electrons. The number of halogens is 1. The second kappa shape index (κ2) is 10.2. The molecular formula is C18H30ClN. The largest absolute Gasteiger partial charge is 0.314 e. The Balaban J connectivity index is 2.47. The molecule has 1 unspecified atom stereocenters. The molecule has 0 fully saturated rings. The molecule has 0 aliphatic carbocycles. The summed E-state index contributed by atoms with van der Waals surface area (Å²) in [6.07, 6.45) is 7.83. The van der Waals surface area contributed by atoms with Crippen molar-refractivity contribution in [3.8, 4) is 0 Å². The van der Waals surface area contributed by atoms with E-state index in [2.05, 4.69) is 44.3 Å². The van der Waals surface area contributed by atoms with Crippen LogP contribution in [0.15, 0.2) is 24.3 Å². The summed E-state index contributed by atoms with van der Waals surface area (Å²) < 4.78 is 0. The van der Waals surface area contributed by atoms with E-state index >= 15 is 0 Å². The zero-order chi connectivity index (χ0) is 14.8. The molecule has 1 nitrogen and oxygen atoms in total. The van der Waals surface area contributed by atoms with Gasteiger partial charge in [-0.05, 0) is 43.0 Å². The Morgan fingerprint density at radius 1 is 1.15 bits per heavy atom. The fourth-order valence-corrected chi connectivity index (χ4v) is 2.75. The molecule has 0 aromatic heterocycles. The van der Waals surface area contributed by atoms with Gasteiger partial charge in [-0.3, -0.25) is 0 Å². The second-order valence-electron chi connectivity index (χ2n) is 6.11. The van der Waals surface area contributed by atoms with Gasteiger partial charge in [0.2, 0.25) is 0 Å². The Labute approximate surface area is 130 Å². The van der Waals surface area contributed by atoms with Crippen molar-refractivity contribution >= 4 is 11.6 Å². The smallest absolute Gasteiger partial charge is 0.0408 e. The number of rotatable bonds is 10. The molecule has 0 saturated heterocycles. The van der Waals surface area contributed by atoms with Gasteiger partial charge < -0.3 is 5.32 Å². The Morgan fingerprint density at radius 2 is 1.95 bits per heavy atom. The quantitative estimate of drug-likeness (QED) is 0.565. The predicted octanol–water partition coefficient (Wildman–Crippen LogP) is 5.47. The fourth-order valence-electron chi connectivity index (χ4n) is 2.54. The number of benzene rings is 1. The minimum absolute atomic E-state index is 0.563. The van der Waals surface area contributed by atoms with Crippen LogP contribution in [-0.2, 0) is 6.42 Å². The van der Waals surface area contributed by atoms with Crippen LogP contribution in [0.2, 0.25) is 5.02 Å². The molecule has 2 heteroatoms. The van der Waals surface area contributed by atoms with Crippen LogP contribution in [0.1, 0.15) is 58.4 Å². The highest BCUT2D eigenvalue weighted by molar-refractivity contribution is 6.30. The number of unbranched alkanes of at least 4 members (excludes halogenated alkanes) is 3. The summed E-state index contributed by atoms with van der Waals surface area (Å²) in [6, 6.07) is 8.87. The standard InChI is InChI=1S/C18H30ClN/c1-4-5-6-7-9-17(14-20-15(2)3)12-16-10-8-11-18(19)13-16/h8,10-11,13,15,17,20H,4-7,9,12,14H2,1-3H3. The van der Waals surface area contributed by atoms with Crippen LogP contribution in [-0.4, -0.2) is 12.6 Å². The maximum Gasteiger partial charge on any atom is 0.0408 e. The minimum Gasteiger partial charge on any atom is -0.314 e. The van der Waals surface area contributed by atoms with E-state index in [0.29, 0.717) is 12.0 Å². The average molecular weight is 296 g/mol. The molecule has 20 heavy (non-hydrogen) atoms. The van der Waals surface area contributed by atoms with Crippen LogP contribution in [0, 0.1) is 5.92 Å².